The van der Waals surface area contributed by atoms with Crippen LogP contribution in [-0.4, -0.2) is 12.6 Å². The highest BCUT2D eigenvalue weighted by atomic mass is 79.9. The summed E-state index contributed by atoms with van der Waals surface area (Å²) in [5.41, 5.74) is 1.41. The van der Waals surface area contributed by atoms with Crippen LogP contribution in [0.4, 0.5) is 0 Å². The number of halogens is 2. The third-order valence-electron chi connectivity index (χ3n) is 3.36. The maximum Gasteiger partial charge on any atom is 0.0285 e. The summed E-state index contributed by atoms with van der Waals surface area (Å²) in [4.78, 5) is 1.45. The van der Waals surface area contributed by atoms with Gasteiger partial charge in [0.25, 0.3) is 0 Å². The maximum atomic E-state index is 3.59. The van der Waals surface area contributed by atoms with E-state index in [1.54, 1.807) is 0 Å². The second-order valence-corrected chi connectivity index (χ2v) is 8.52. The van der Waals surface area contributed by atoms with Gasteiger partial charge in [-0.1, -0.05) is 41.9 Å². The van der Waals surface area contributed by atoms with E-state index in [0.717, 1.165) is 23.9 Å². The first kappa shape index (κ1) is 17.2. The van der Waals surface area contributed by atoms with Crippen LogP contribution < -0.4 is 5.32 Å². The molecule has 1 N–H and O–H groups in total. The van der Waals surface area contributed by atoms with Crippen LogP contribution in [-0.2, 0) is 12.8 Å². The third kappa shape index (κ3) is 6.23. The van der Waals surface area contributed by atoms with Crippen LogP contribution >= 0.6 is 43.2 Å². The first-order valence-corrected chi connectivity index (χ1v) is 9.70. The van der Waals surface area contributed by atoms with Crippen molar-refractivity contribution in [3.8, 4) is 0 Å². The Labute approximate surface area is 148 Å². The van der Waals surface area contributed by atoms with Gasteiger partial charge in [0.2, 0.25) is 0 Å². The minimum Gasteiger partial charge on any atom is -0.314 e. The van der Waals surface area contributed by atoms with Crippen molar-refractivity contribution in [2.24, 2.45) is 5.92 Å². The van der Waals surface area contributed by atoms with Gasteiger partial charge < -0.3 is 5.32 Å². The van der Waals surface area contributed by atoms with Gasteiger partial charge in [0, 0.05) is 25.2 Å². The molecule has 4 heteroatoms. The molecule has 21 heavy (non-hydrogen) atoms. The molecule has 0 bridgehead atoms. The predicted octanol–water partition coefficient (Wildman–Crippen LogP) is 5.67. The molecule has 1 aromatic heterocycles. The van der Waals surface area contributed by atoms with Crippen LogP contribution in [0.25, 0.3) is 0 Å². The molecule has 0 fully saturated rings. The molecule has 1 atom stereocenters. The van der Waals surface area contributed by atoms with E-state index < -0.39 is 0 Å². The Morgan fingerprint density at radius 1 is 1.05 bits per heavy atom. The zero-order valence-corrected chi connectivity index (χ0v) is 16.4. The fraction of sp³-hybridized carbons (Fsp3) is 0.412. The largest absolute Gasteiger partial charge is 0.314 e. The summed E-state index contributed by atoms with van der Waals surface area (Å²) >= 11 is 8.89. The average Bonchev–Trinajstić information content (AvgIpc) is 2.84. The minimum absolute atomic E-state index is 0.535. The van der Waals surface area contributed by atoms with E-state index in [9.17, 15) is 0 Å². The summed E-state index contributed by atoms with van der Waals surface area (Å²) in [6.07, 6.45) is 2.24. The van der Waals surface area contributed by atoms with E-state index in [1.165, 1.54) is 14.9 Å². The molecule has 2 aromatic rings. The van der Waals surface area contributed by atoms with Gasteiger partial charge in [-0.05, 0) is 65.0 Å². The monoisotopic (exact) mass is 429 g/mol. The van der Waals surface area contributed by atoms with Crippen LogP contribution in [0.1, 0.15) is 24.3 Å². The molecule has 1 aromatic carbocycles. The zero-order chi connectivity index (χ0) is 15.2. The molecule has 1 heterocycles. The SMILES string of the molecule is CC(C)NCC(Cc1ccc(Br)cc1)Cc1cc(Br)cs1. The van der Waals surface area contributed by atoms with Gasteiger partial charge in [0.1, 0.15) is 0 Å². The van der Waals surface area contributed by atoms with Crippen LogP contribution in [0, 0.1) is 5.92 Å². The topological polar surface area (TPSA) is 12.0 Å². The predicted molar refractivity (Wildman–Crippen MR) is 100 cm³/mol. The summed E-state index contributed by atoms with van der Waals surface area (Å²) in [5.74, 6) is 0.624. The van der Waals surface area contributed by atoms with Gasteiger partial charge in [-0.25, -0.2) is 0 Å². The number of hydrogen-bond acceptors (Lipinski definition) is 2. The molecule has 0 radical (unpaired) electrons. The van der Waals surface area contributed by atoms with E-state index in [2.05, 4.69) is 86.7 Å². The molecule has 0 aliphatic rings. The highest BCUT2D eigenvalue weighted by Gasteiger charge is 2.13. The Kier molecular flexibility index (Phi) is 6.93. The quantitative estimate of drug-likeness (QED) is 0.596. The maximum absolute atomic E-state index is 3.59. The van der Waals surface area contributed by atoms with E-state index in [-0.39, 0.29) is 0 Å². The van der Waals surface area contributed by atoms with Crippen molar-refractivity contribution in [1.82, 2.24) is 5.32 Å². The molecule has 0 saturated carbocycles. The lowest BCUT2D eigenvalue weighted by atomic mass is 9.95. The summed E-state index contributed by atoms with van der Waals surface area (Å²) in [7, 11) is 0. The first-order valence-electron chi connectivity index (χ1n) is 7.23. The molecule has 0 saturated heterocycles. The molecule has 114 valence electrons. The summed E-state index contributed by atoms with van der Waals surface area (Å²) in [6, 6.07) is 11.5. The van der Waals surface area contributed by atoms with E-state index >= 15 is 0 Å². The summed E-state index contributed by atoms with van der Waals surface area (Å²) < 4.78 is 2.34. The summed E-state index contributed by atoms with van der Waals surface area (Å²) in [5, 5.41) is 5.76. The molecule has 2 rings (SSSR count). The molecule has 1 unspecified atom stereocenters. The number of benzene rings is 1. The third-order valence-corrected chi connectivity index (χ3v) is 5.61. The molecule has 1 nitrogen and oxygen atoms in total. The number of nitrogens with one attached hydrogen (secondary N) is 1. The molecule has 0 aliphatic carbocycles. The number of thiophene rings is 1. The second-order valence-electron chi connectivity index (χ2n) is 5.69. The lowest BCUT2D eigenvalue weighted by Crippen LogP contribution is -2.30. The highest BCUT2D eigenvalue weighted by Crippen LogP contribution is 2.24. The highest BCUT2D eigenvalue weighted by molar-refractivity contribution is 9.10. The van der Waals surface area contributed by atoms with Crippen molar-refractivity contribution in [1.29, 1.82) is 0 Å². The molecular weight excluding hydrogens is 410 g/mol. The van der Waals surface area contributed by atoms with Crippen molar-refractivity contribution in [2.75, 3.05) is 6.54 Å². The van der Waals surface area contributed by atoms with Gasteiger partial charge >= 0.3 is 0 Å². The van der Waals surface area contributed by atoms with Crippen LogP contribution in [0.5, 0.6) is 0 Å². The molecule has 0 amide bonds. The van der Waals surface area contributed by atoms with Gasteiger partial charge in [0.05, 0.1) is 0 Å². The van der Waals surface area contributed by atoms with Crippen molar-refractivity contribution in [3.63, 3.8) is 0 Å². The molecular formula is C17H21Br2NS. The fourth-order valence-electron chi connectivity index (χ4n) is 2.32. The zero-order valence-electron chi connectivity index (χ0n) is 12.4. The molecule has 0 spiro atoms. The minimum atomic E-state index is 0.535. The lowest BCUT2D eigenvalue weighted by Gasteiger charge is -2.19. The van der Waals surface area contributed by atoms with Gasteiger partial charge in [0.15, 0.2) is 0 Å². The number of hydrogen-bond donors (Lipinski definition) is 1. The van der Waals surface area contributed by atoms with Crippen molar-refractivity contribution in [2.45, 2.75) is 32.7 Å². The van der Waals surface area contributed by atoms with Crippen molar-refractivity contribution in [3.05, 3.63) is 55.1 Å². The van der Waals surface area contributed by atoms with Gasteiger partial charge in [-0.15, -0.1) is 11.3 Å². The van der Waals surface area contributed by atoms with Crippen molar-refractivity contribution < 1.29 is 0 Å². The Morgan fingerprint density at radius 2 is 1.76 bits per heavy atom. The smallest absolute Gasteiger partial charge is 0.0285 e. The average molecular weight is 431 g/mol. The van der Waals surface area contributed by atoms with E-state index in [1.807, 2.05) is 11.3 Å². The first-order chi connectivity index (χ1) is 10.0. The van der Waals surface area contributed by atoms with Crippen molar-refractivity contribution >= 4 is 43.2 Å². The Hall–Kier alpha value is -0.160. The second kappa shape index (κ2) is 8.47. The molecule has 0 aliphatic heterocycles. The Bertz CT molecular complexity index is 548. The van der Waals surface area contributed by atoms with E-state index in [0.29, 0.717) is 12.0 Å². The normalized spacial score (nSPS) is 12.8. The van der Waals surface area contributed by atoms with Gasteiger partial charge in [-0.2, -0.15) is 0 Å². The van der Waals surface area contributed by atoms with Gasteiger partial charge in [-0.3, -0.25) is 0 Å². The standard InChI is InChI=1S/C17H21Br2NS/c1-12(2)20-10-14(8-17-9-16(19)11-21-17)7-13-3-5-15(18)6-4-13/h3-6,9,11-12,14,20H,7-8,10H2,1-2H3. The fourth-order valence-corrected chi connectivity index (χ4v) is 4.15. The Morgan fingerprint density at radius 3 is 2.33 bits per heavy atom. The van der Waals surface area contributed by atoms with Crippen LogP contribution in [0.3, 0.4) is 0 Å². The lowest BCUT2D eigenvalue weighted by molar-refractivity contribution is 0.446. The van der Waals surface area contributed by atoms with Crippen LogP contribution in [0.2, 0.25) is 0 Å². The van der Waals surface area contributed by atoms with E-state index in [4.69, 9.17) is 0 Å². The summed E-state index contributed by atoms with van der Waals surface area (Å²) in [6.45, 7) is 5.47. The number of rotatable bonds is 7. The Balaban J connectivity index is 2.02. The van der Waals surface area contributed by atoms with Crippen LogP contribution in [0.15, 0.2) is 44.7 Å².